The molecular formula is C26H24BrN3O5. The van der Waals surface area contributed by atoms with E-state index in [9.17, 15) is 14.9 Å². The van der Waals surface area contributed by atoms with Crippen LogP contribution in [0.3, 0.4) is 0 Å². The maximum Gasteiger partial charge on any atom is 0.256 e. The highest BCUT2D eigenvalue weighted by Crippen LogP contribution is 2.50. The zero-order chi connectivity index (χ0) is 24.7. The van der Waals surface area contributed by atoms with Crippen molar-refractivity contribution in [2.75, 3.05) is 12.4 Å². The summed E-state index contributed by atoms with van der Waals surface area (Å²) in [7, 11) is 1.54. The first-order valence-electron chi connectivity index (χ1n) is 11.2. The molecule has 5 rings (SSSR count). The van der Waals surface area contributed by atoms with Gasteiger partial charge in [-0.2, -0.15) is 0 Å². The average Bonchev–Trinajstić information content (AvgIpc) is 3.32. The molecule has 2 aliphatic heterocycles. The van der Waals surface area contributed by atoms with Crippen molar-refractivity contribution in [2.45, 2.75) is 37.1 Å². The molecule has 1 spiro atoms. The third-order valence-corrected chi connectivity index (χ3v) is 7.37. The first-order chi connectivity index (χ1) is 16.8. The molecule has 2 aliphatic rings. The Hall–Kier alpha value is -3.43. The standard InChI is InChI=1S/C26H24BrN3O5/c1-15-23(24(30(32)33)26(29-15)19-5-3-4-6-20(19)28-25(26)31)17-9-12-21(22(13-17)34-2)35-14-16-7-10-18(27)11-8-16/h3-13,15,23-24,29H,14H2,1-2H3,(H,28,31)/t15-,23-,24-,26+/m0/s1. The van der Waals surface area contributed by atoms with Crippen LogP contribution in [0.4, 0.5) is 5.69 Å². The Kier molecular flexibility index (Phi) is 5.98. The third-order valence-electron chi connectivity index (χ3n) is 6.84. The summed E-state index contributed by atoms with van der Waals surface area (Å²) in [6, 6.07) is 18.7. The van der Waals surface area contributed by atoms with Crippen LogP contribution in [0.5, 0.6) is 11.5 Å². The number of carbonyl (C=O) groups excluding carboxylic acids is 1. The van der Waals surface area contributed by atoms with Crippen molar-refractivity contribution in [2.24, 2.45) is 0 Å². The number of carbonyl (C=O) groups is 1. The lowest BCUT2D eigenvalue weighted by Gasteiger charge is -2.25. The van der Waals surface area contributed by atoms with Gasteiger partial charge in [-0.1, -0.05) is 52.3 Å². The van der Waals surface area contributed by atoms with Crippen molar-refractivity contribution in [1.82, 2.24) is 5.32 Å². The quantitative estimate of drug-likeness (QED) is 0.351. The van der Waals surface area contributed by atoms with Crippen LogP contribution in [-0.2, 0) is 16.9 Å². The molecule has 0 radical (unpaired) electrons. The third kappa shape index (κ3) is 3.84. The van der Waals surface area contributed by atoms with Gasteiger partial charge in [0.2, 0.25) is 0 Å². The Bertz CT molecular complexity index is 1300. The van der Waals surface area contributed by atoms with Gasteiger partial charge in [0.05, 0.1) is 13.0 Å². The van der Waals surface area contributed by atoms with Crippen LogP contribution in [-0.4, -0.2) is 30.0 Å². The zero-order valence-corrected chi connectivity index (χ0v) is 20.7. The lowest BCUT2D eigenvalue weighted by molar-refractivity contribution is -0.532. The molecule has 9 heteroatoms. The number of benzene rings is 3. The van der Waals surface area contributed by atoms with Gasteiger partial charge in [-0.25, -0.2) is 0 Å². The molecule has 3 aromatic carbocycles. The Morgan fingerprint density at radius 3 is 2.54 bits per heavy atom. The van der Waals surface area contributed by atoms with E-state index in [4.69, 9.17) is 9.47 Å². The molecule has 180 valence electrons. The molecule has 1 fully saturated rings. The van der Waals surface area contributed by atoms with E-state index in [1.807, 2.05) is 37.3 Å². The summed E-state index contributed by atoms with van der Waals surface area (Å²) >= 11 is 3.42. The molecule has 3 aromatic rings. The second-order valence-corrected chi connectivity index (χ2v) is 9.74. The fourth-order valence-electron chi connectivity index (χ4n) is 5.31. The van der Waals surface area contributed by atoms with E-state index >= 15 is 0 Å². The number of amides is 1. The van der Waals surface area contributed by atoms with E-state index in [0.29, 0.717) is 34.9 Å². The van der Waals surface area contributed by atoms with Gasteiger partial charge >= 0.3 is 0 Å². The number of hydrogen-bond donors (Lipinski definition) is 2. The Balaban J connectivity index is 1.48. The summed E-state index contributed by atoms with van der Waals surface area (Å²) in [4.78, 5) is 25.3. The van der Waals surface area contributed by atoms with Crippen LogP contribution >= 0.6 is 15.9 Å². The number of anilines is 1. The Morgan fingerprint density at radius 1 is 1.09 bits per heavy atom. The first-order valence-corrected chi connectivity index (χ1v) is 12.0. The van der Waals surface area contributed by atoms with E-state index in [-0.39, 0.29) is 11.0 Å². The second kappa shape index (κ2) is 8.98. The number of hydrogen-bond acceptors (Lipinski definition) is 6. The molecule has 0 bridgehead atoms. The number of nitrogens with one attached hydrogen (secondary N) is 2. The van der Waals surface area contributed by atoms with Crippen molar-refractivity contribution in [3.63, 3.8) is 0 Å². The lowest BCUT2D eigenvalue weighted by atomic mass is 9.78. The molecule has 0 aliphatic carbocycles. The highest BCUT2D eigenvalue weighted by atomic mass is 79.9. The molecule has 0 unspecified atom stereocenters. The van der Waals surface area contributed by atoms with Gasteiger partial charge in [0, 0.05) is 26.7 Å². The predicted octanol–water partition coefficient (Wildman–Crippen LogP) is 4.60. The maximum atomic E-state index is 13.2. The topological polar surface area (TPSA) is 103 Å². The minimum absolute atomic E-state index is 0.340. The van der Waals surface area contributed by atoms with Crippen LogP contribution < -0.4 is 20.1 Å². The molecule has 2 heterocycles. The normalized spacial score (nSPS) is 24.8. The summed E-state index contributed by atoms with van der Waals surface area (Å²) in [5.41, 5.74) is 1.44. The van der Waals surface area contributed by atoms with Gasteiger partial charge in [-0.3, -0.25) is 20.2 Å². The molecule has 0 saturated carbocycles. The maximum absolute atomic E-state index is 13.2. The van der Waals surface area contributed by atoms with E-state index in [0.717, 1.165) is 10.0 Å². The number of nitrogens with zero attached hydrogens (tertiary/aromatic N) is 1. The number of methoxy groups -OCH3 is 1. The number of halogens is 1. The molecule has 0 aromatic heterocycles. The van der Waals surface area contributed by atoms with Crippen molar-refractivity contribution in [1.29, 1.82) is 0 Å². The molecular weight excluding hydrogens is 514 g/mol. The fraction of sp³-hybridized carbons (Fsp3) is 0.269. The SMILES string of the molecule is COc1cc([C@@H]2[C@H](C)N[C@@]3(C(=O)Nc4ccccc43)[C@H]2[N+](=O)[O-])ccc1OCc1ccc(Br)cc1. The monoisotopic (exact) mass is 537 g/mol. The van der Waals surface area contributed by atoms with Crippen molar-refractivity contribution in [3.05, 3.63) is 98.0 Å². The fourth-order valence-corrected chi connectivity index (χ4v) is 5.57. The molecule has 35 heavy (non-hydrogen) atoms. The van der Waals surface area contributed by atoms with Crippen LogP contribution in [0.25, 0.3) is 0 Å². The van der Waals surface area contributed by atoms with Gasteiger partial charge < -0.3 is 14.8 Å². The van der Waals surface area contributed by atoms with E-state index in [1.165, 1.54) is 7.11 Å². The first kappa shape index (κ1) is 23.3. The highest BCUT2D eigenvalue weighted by Gasteiger charge is 2.67. The molecule has 1 saturated heterocycles. The van der Waals surface area contributed by atoms with Crippen molar-refractivity contribution >= 4 is 27.5 Å². The number of para-hydroxylation sites is 1. The van der Waals surface area contributed by atoms with Crippen molar-refractivity contribution in [3.8, 4) is 11.5 Å². The minimum Gasteiger partial charge on any atom is -0.493 e. The van der Waals surface area contributed by atoms with E-state index in [1.54, 1.807) is 36.4 Å². The van der Waals surface area contributed by atoms with Crippen LogP contribution in [0.15, 0.2) is 71.2 Å². The number of fused-ring (bicyclic) bond motifs is 2. The van der Waals surface area contributed by atoms with Gasteiger partial charge in [-0.15, -0.1) is 0 Å². The highest BCUT2D eigenvalue weighted by molar-refractivity contribution is 9.10. The lowest BCUT2D eigenvalue weighted by Crippen LogP contribution is -2.54. The summed E-state index contributed by atoms with van der Waals surface area (Å²) < 4.78 is 12.5. The second-order valence-electron chi connectivity index (χ2n) is 8.82. The summed E-state index contributed by atoms with van der Waals surface area (Å²) in [5, 5.41) is 18.6. The zero-order valence-electron chi connectivity index (χ0n) is 19.2. The van der Waals surface area contributed by atoms with E-state index < -0.39 is 23.4 Å². The van der Waals surface area contributed by atoms with Gasteiger partial charge in [0.1, 0.15) is 6.61 Å². The predicted molar refractivity (Wildman–Crippen MR) is 134 cm³/mol. The minimum atomic E-state index is -1.45. The average molecular weight is 538 g/mol. The largest absolute Gasteiger partial charge is 0.493 e. The molecule has 4 atom stereocenters. The summed E-state index contributed by atoms with van der Waals surface area (Å²) in [5.74, 6) is 0.0349. The summed E-state index contributed by atoms with van der Waals surface area (Å²) in [6.45, 7) is 2.22. The molecule has 2 N–H and O–H groups in total. The van der Waals surface area contributed by atoms with Gasteiger partial charge in [-0.05, 0) is 48.4 Å². The summed E-state index contributed by atoms with van der Waals surface area (Å²) in [6.07, 6.45) is 0. The Morgan fingerprint density at radius 2 is 1.83 bits per heavy atom. The number of rotatable bonds is 6. The van der Waals surface area contributed by atoms with Crippen LogP contribution in [0.2, 0.25) is 0 Å². The smallest absolute Gasteiger partial charge is 0.256 e. The van der Waals surface area contributed by atoms with Gasteiger partial charge in [0.15, 0.2) is 17.0 Å². The van der Waals surface area contributed by atoms with Gasteiger partial charge in [0.25, 0.3) is 11.9 Å². The molecule has 8 nitrogen and oxygen atoms in total. The Labute approximate surface area is 210 Å². The molecule has 1 amide bonds. The van der Waals surface area contributed by atoms with Crippen LogP contribution in [0, 0.1) is 10.1 Å². The number of nitro groups is 1. The van der Waals surface area contributed by atoms with E-state index in [2.05, 4.69) is 26.6 Å². The van der Waals surface area contributed by atoms with Crippen LogP contribution in [0.1, 0.15) is 29.5 Å². The number of ether oxygens (including phenoxy) is 2. The van der Waals surface area contributed by atoms with Crippen molar-refractivity contribution < 1.29 is 19.2 Å².